The molecule has 3 aromatic rings. The van der Waals surface area contributed by atoms with E-state index in [1.165, 1.54) is 11.8 Å². The summed E-state index contributed by atoms with van der Waals surface area (Å²) in [5.41, 5.74) is 2.19. The first-order chi connectivity index (χ1) is 13.2. The number of aliphatic hydroxyl groups excluding tert-OH is 1. The van der Waals surface area contributed by atoms with E-state index in [9.17, 15) is 15.0 Å². The summed E-state index contributed by atoms with van der Waals surface area (Å²) in [6, 6.07) is 16.1. The number of aromatic nitrogens is 1. The van der Waals surface area contributed by atoms with Crippen LogP contribution in [-0.4, -0.2) is 45.3 Å². The van der Waals surface area contributed by atoms with Crippen LogP contribution in [0.3, 0.4) is 0 Å². The Morgan fingerprint density at radius 3 is 2.78 bits per heavy atom. The summed E-state index contributed by atoms with van der Waals surface area (Å²) < 4.78 is 0. The highest BCUT2D eigenvalue weighted by molar-refractivity contribution is 7.99. The van der Waals surface area contributed by atoms with Gasteiger partial charge in [-0.25, -0.2) is 4.79 Å². The molecule has 3 N–H and O–H groups in total. The number of carbonyl (C=O) groups is 1. The van der Waals surface area contributed by atoms with Crippen LogP contribution in [0, 0.1) is 0 Å². The Balaban J connectivity index is 1.71. The quantitative estimate of drug-likeness (QED) is 0.601. The zero-order valence-corrected chi connectivity index (χ0v) is 15.7. The fourth-order valence-electron chi connectivity index (χ4n) is 3.72. The molecule has 1 aliphatic rings. The van der Waals surface area contributed by atoms with Crippen LogP contribution in [0.15, 0.2) is 58.3 Å². The zero-order chi connectivity index (χ0) is 18.8. The van der Waals surface area contributed by atoms with Crippen molar-refractivity contribution in [3.8, 4) is 0 Å². The third-order valence-electron chi connectivity index (χ3n) is 5.09. The summed E-state index contributed by atoms with van der Waals surface area (Å²) in [7, 11) is 0. The van der Waals surface area contributed by atoms with Gasteiger partial charge in [0.05, 0.1) is 11.5 Å². The van der Waals surface area contributed by atoms with E-state index in [0.717, 1.165) is 52.2 Å². The van der Waals surface area contributed by atoms with E-state index >= 15 is 0 Å². The lowest BCUT2D eigenvalue weighted by Crippen LogP contribution is -2.31. The van der Waals surface area contributed by atoms with Gasteiger partial charge < -0.3 is 15.2 Å². The molecule has 0 bridgehead atoms. The normalized spacial score (nSPS) is 17.6. The molecule has 0 radical (unpaired) electrons. The zero-order valence-electron chi connectivity index (χ0n) is 14.9. The van der Waals surface area contributed by atoms with Crippen LogP contribution >= 0.6 is 11.8 Å². The summed E-state index contributed by atoms with van der Waals surface area (Å²) in [5, 5.41) is 20.1. The fourth-order valence-corrected chi connectivity index (χ4v) is 4.77. The number of likely N-dealkylation sites (tertiary alicyclic amines) is 1. The number of nitrogens with zero attached hydrogens (tertiary/aromatic N) is 1. The van der Waals surface area contributed by atoms with Gasteiger partial charge in [0.2, 0.25) is 0 Å². The average Bonchev–Trinajstić information content (AvgIpc) is 3.27. The lowest BCUT2D eigenvalue weighted by molar-refractivity contribution is 0.0687. The molecule has 1 fully saturated rings. The first kappa shape index (κ1) is 18.1. The molecule has 6 heteroatoms. The van der Waals surface area contributed by atoms with E-state index in [0.29, 0.717) is 0 Å². The lowest BCUT2D eigenvalue weighted by atomic mass is 10.1. The molecule has 1 saturated heterocycles. The molecule has 1 aromatic heterocycles. The molecular weight excluding hydrogens is 360 g/mol. The first-order valence-corrected chi connectivity index (χ1v) is 9.93. The van der Waals surface area contributed by atoms with Gasteiger partial charge in [0.15, 0.2) is 0 Å². The number of aromatic carboxylic acids is 1. The second-order valence-corrected chi connectivity index (χ2v) is 7.96. The van der Waals surface area contributed by atoms with Gasteiger partial charge in [-0.2, -0.15) is 0 Å². The van der Waals surface area contributed by atoms with Gasteiger partial charge in [0.25, 0.3) is 0 Å². The van der Waals surface area contributed by atoms with Crippen molar-refractivity contribution in [3.63, 3.8) is 0 Å². The average molecular weight is 382 g/mol. The Bertz CT molecular complexity index is 955. The van der Waals surface area contributed by atoms with E-state index in [2.05, 4.69) is 16.0 Å². The number of carboxylic acid groups (broad SMARTS) is 1. The van der Waals surface area contributed by atoms with Crippen LogP contribution in [0.4, 0.5) is 0 Å². The number of aliphatic hydroxyl groups is 1. The minimum atomic E-state index is -0.953. The Hall–Kier alpha value is -2.28. The molecule has 2 heterocycles. The Morgan fingerprint density at radius 2 is 2.04 bits per heavy atom. The molecular formula is C21H22N2O3S. The van der Waals surface area contributed by atoms with Crippen molar-refractivity contribution in [2.75, 3.05) is 13.2 Å². The van der Waals surface area contributed by atoms with Gasteiger partial charge in [-0.3, -0.25) is 4.90 Å². The Labute approximate surface area is 162 Å². The summed E-state index contributed by atoms with van der Waals surface area (Å²) in [6.45, 7) is 1.94. The Morgan fingerprint density at radius 1 is 1.22 bits per heavy atom. The highest BCUT2D eigenvalue weighted by atomic mass is 32.2. The number of nitrogens with one attached hydrogen (secondary N) is 1. The molecule has 5 nitrogen and oxygen atoms in total. The fraction of sp³-hybridized carbons (Fsp3) is 0.286. The monoisotopic (exact) mass is 382 g/mol. The molecule has 1 atom stereocenters. The minimum Gasteiger partial charge on any atom is -0.477 e. The molecule has 140 valence electrons. The van der Waals surface area contributed by atoms with Crippen LogP contribution < -0.4 is 0 Å². The number of benzene rings is 2. The van der Waals surface area contributed by atoms with Crippen LogP contribution in [0.25, 0.3) is 10.9 Å². The minimum absolute atomic E-state index is 0.185. The van der Waals surface area contributed by atoms with Crippen LogP contribution in [-0.2, 0) is 6.54 Å². The summed E-state index contributed by atoms with van der Waals surface area (Å²) >= 11 is 1.47. The van der Waals surface area contributed by atoms with Gasteiger partial charge in [-0.15, -0.1) is 0 Å². The molecule has 0 spiro atoms. The smallest absolute Gasteiger partial charge is 0.353 e. The maximum absolute atomic E-state index is 11.7. The summed E-state index contributed by atoms with van der Waals surface area (Å²) in [4.78, 5) is 18.8. The number of carboxylic acids is 1. The maximum Gasteiger partial charge on any atom is 0.353 e. The van der Waals surface area contributed by atoms with E-state index in [1.54, 1.807) is 0 Å². The van der Waals surface area contributed by atoms with Gasteiger partial charge in [-0.05, 0) is 49.2 Å². The second-order valence-electron chi connectivity index (χ2n) is 6.88. The number of fused-ring (bicyclic) bond motifs is 1. The molecule has 0 amide bonds. The largest absolute Gasteiger partial charge is 0.477 e. The molecule has 0 aliphatic carbocycles. The third kappa shape index (κ3) is 3.74. The van der Waals surface area contributed by atoms with Gasteiger partial charge in [-0.1, -0.05) is 36.0 Å². The predicted octanol–water partition coefficient (Wildman–Crippen LogP) is 3.97. The van der Waals surface area contributed by atoms with Crippen molar-refractivity contribution in [2.24, 2.45) is 0 Å². The molecule has 0 saturated carbocycles. The summed E-state index contributed by atoms with van der Waals surface area (Å²) in [5.74, 6) is -0.953. The number of hydrogen-bond acceptors (Lipinski definition) is 4. The highest BCUT2D eigenvalue weighted by Crippen LogP contribution is 2.37. The van der Waals surface area contributed by atoms with Gasteiger partial charge >= 0.3 is 5.97 Å². The van der Waals surface area contributed by atoms with Crippen molar-refractivity contribution >= 4 is 28.6 Å². The van der Waals surface area contributed by atoms with E-state index in [4.69, 9.17) is 0 Å². The first-order valence-electron chi connectivity index (χ1n) is 9.11. The van der Waals surface area contributed by atoms with Gasteiger partial charge in [0, 0.05) is 28.4 Å². The summed E-state index contributed by atoms with van der Waals surface area (Å²) in [6.07, 6.45) is 2.14. The van der Waals surface area contributed by atoms with Gasteiger partial charge in [0.1, 0.15) is 5.69 Å². The van der Waals surface area contributed by atoms with Crippen LogP contribution in [0.2, 0.25) is 0 Å². The van der Waals surface area contributed by atoms with Crippen LogP contribution in [0.1, 0.15) is 28.9 Å². The topological polar surface area (TPSA) is 76.6 Å². The molecule has 2 aromatic carbocycles. The van der Waals surface area contributed by atoms with Crippen molar-refractivity contribution in [1.29, 1.82) is 0 Å². The number of hydrogen-bond donors (Lipinski definition) is 3. The van der Waals surface area contributed by atoms with Crippen molar-refractivity contribution in [2.45, 2.75) is 35.2 Å². The number of rotatable bonds is 6. The van der Waals surface area contributed by atoms with Crippen molar-refractivity contribution < 1.29 is 15.0 Å². The van der Waals surface area contributed by atoms with Crippen LogP contribution in [0.5, 0.6) is 0 Å². The number of H-pyrrole nitrogens is 1. The third-order valence-corrected chi connectivity index (χ3v) is 6.22. The SMILES string of the molecule is O=C(O)c1[nH]c2ccc(CN3CCC[C@@H]3CO)cc2c1Sc1ccccc1. The second kappa shape index (κ2) is 7.76. The highest BCUT2D eigenvalue weighted by Gasteiger charge is 2.24. The van der Waals surface area contributed by atoms with Crippen molar-refractivity contribution in [1.82, 2.24) is 9.88 Å². The van der Waals surface area contributed by atoms with E-state index in [-0.39, 0.29) is 18.3 Å². The lowest BCUT2D eigenvalue weighted by Gasteiger charge is -2.22. The predicted molar refractivity (Wildman–Crippen MR) is 106 cm³/mol. The van der Waals surface area contributed by atoms with Crippen molar-refractivity contribution in [3.05, 3.63) is 59.8 Å². The van der Waals surface area contributed by atoms with E-state index in [1.807, 2.05) is 42.5 Å². The molecule has 27 heavy (non-hydrogen) atoms. The number of aromatic amines is 1. The van der Waals surface area contributed by atoms with E-state index < -0.39 is 5.97 Å². The molecule has 4 rings (SSSR count). The Kier molecular flexibility index (Phi) is 5.20. The maximum atomic E-state index is 11.7. The molecule has 0 unspecified atom stereocenters. The standard InChI is InChI=1S/C21H22N2O3S/c24-13-15-5-4-10-23(15)12-14-8-9-18-17(11-14)20(19(22-18)21(25)26)27-16-6-2-1-3-7-16/h1-3,6-9,11,15,22,24H,4-5,10,12-13H2,(H,25,26)/t15-/m1/s1. The molecule has 1 aliphatic heterocycles.